The summed E-state index contributed by atoms with van der Waals surface area (Å²) in [6.07, 6.45) is 0.361. The number of benzene rings is 1. The van der Waals surface area contributed by atoms with Gasteiger partial charge in [0.1, 0.15) is 5.75 Å². The van der Waals surface area contributed by atoms with Crippen LogP contribution in [0.15, 0.2) is 18.2 Å². The first kappa shape index (κ1) is 13.9. The molecule has 0 saturated heterocycles. The van der Waals surface area contributed by atoms with Crippen LogP contribution in [0.5, 0.6) is 5.75 Å². The second-order valence-electron chi connectivity index (χ2n) is 4.15. The number of para-hydroxylation sites is 1. The molecule has 0 radical (unpaired) electrons. The number of rotatable bonds is 4. The Labute approximate surface area is 104 Å². The van der Waals surface area contributed by atoms with Crippen molar-refractivity contribution in [1.82, 2.24) is 0 Å². The van der Waals surface area contributed by atoms with Crippen molar-refractivity contribution in [3.05, 3.63) is 28.3 Å². The largest absolute Gasteiger partial charge is 0.505 e. The topological polar surface area (TPSA) is 118 Å². The molecule has 1 unspecified atom stereocenters. The Morgan fingerprint density at radius 1 is 1.61 bits per heavy atom. The number of carbonyl (C=O) groups excluding carboxylic acids is 1. The van der Waals surface area contributed by atoms with Crippen molar-refractivity contribution in [1.29, 1.82) is 0 Å². The molecule has 1 aromatic carbocycles. The number of anilines is 1. The summed E-state index contributed by atoms with van der Waals surface area (Å²) in [6, 6.07) is 3.77. The monoisotopic (exact) mass is 253 g/mol. The number of aromatic hydroxyl groups is 1. The summed E-state index contributed by atoms with van der Waals surface area (Å²) in [6.45, 7) is 3.23. The van der Waals surface area contributed by atoms with Crippen LogP contribution in [0.2, 0.25) is 0 Å². The molecule has 0 aliphatic carbocycles. The van der Waals surface area contributed by atoms with Gasteiger partial charge in [-0.25, -0.2) is 0 Å². The Bertz CT molecular complexity index is 485. The molecule has 0 saturated carbocycles. The standard InChI is InChI=1S/C11H15N3O4/c1-3-11(2,12)10(16)13-9-7(14(17)18)5-4-6-8(9)15/h4-6,15H,3,12H2,1-2H3,(H,13,16). The zero-order chi connectivity index (χ0) is 13.9. The average Bonchev–Trinajstić information content (AvgIpc) is 2.31. The predicted molar refractivity (Wildman–Crippen MR) is 66.3 cm³/mol. The normalized spacial score (nSPS) is 13.7. The van der Waals surface area contributed by atoms with Crippen molar-refractivity contribution < 1.29 is 14.8 Å². The molecule has 0 heterocycles. The van der Waals surface area contributed by atoms with Gasteiger partial charge in [-0.2, -0.15) is 0 Å². The van der Waals surface area contributed by atoms with E-state index in [-0.39, 0.29) is 17.1 Å². The fourth-order valence-electron chi connectivity index (χ4n) is 1.23. The number of nitrogens with two attached hydrogens (primary N) is 1. The maximum atomic E-state index is 11.8. The Hall–Kier alpha value is -2.15. The molecule has 7 nitrogen and oxygen atoms in total. The molecule has 18 heavy (non-hydrogen) atoms. The molecule has 1 rings (SSSR count). The smallest absolute Gasteiger partial charge is 0.296 e. The van der Waals surface area contributed by atoms with Crippen molar-refractivity contribution in [2.24, 2.45) is 5.73 Å². The first-order chi connectivity index (χ1) is 8.29. The third-order valence-corrected chi connectivity index (χ3v) is 2.71. The van der Waals surface area contributed by atoms with Gasteiger partial charge in [-0.1, -0.05) is 13.0 Å². The number of nitro benzene ring substituents is 1. The predicted octanol–water partition coefficient (Wildman–Crippen LogP) is 1.37. The van der Waals surface area contributed by atoms with Gasteiger partial charge in [-0.05, 0) is 19.4 Å². The molecule has 4 N–H and O–H groups in total. The van der Waals surface area contributed by atoms with E-state index in [0.29, 0.717) is 6.42 Å². The highest BCUT2D eigenvalue weighted by molar-refractivity contribution is 6.00. The van der Waals surface area contributed by atoms with Crippen molar-refractivity contribution in [2.45, 2.75) is 25.8 Å². The molecule has 0 fully saturated rings. The average molecular weight is 253 g/mol. The highest BCUT2D eigenvalue weighted by Gasteiger charge is 2.29. The van der Waals surface area contributed by atoms with Gasteiger partial charge in [0.25, 0.3) is 5.69 Å². The molecular weight excluding hydrogens is 238 g/mol. The lowest BCUT2D eigenvalue weighted by atomic mass is 9.99. The van der Waals surface area contributed by atoms with Crippen molar-refractivity contribution in [3.63, 3.8) is 0 Å². The highest BCUT2D eigenvalue weighted by atomic mass is 16.6. The van der Waals surface area contributed by atoms with E-state index in [1.165, 1.54) is 25.1 Å². The molecule has 0 spiro atoms. The van der Waals surface area contributed by atoms with Gasteiger partial charge in [0.2, 0.25) is 5.91 Å². The molecule has 7 heteroatoms. The molecule has 0 aromatic heterocycles. The summed E-state index contributed by atoms with van der Waals surface area (Å²) in [5.74, 6) is -0.959. The SMILES string of the molecule is CCC(C)(N)C(=O)Nc1c(O)cccc1[N+](=O)[O-]. The van der Waals surface area contributed by atoms with E-state index in [4.69, 9.17) is 5.73 Å². The summed E-state index contributed by atoms with van der Waals surface area (Å²) in [4.78, 5) is 21.9. The van der Waals surface area contributed by atoms with Crippen molar-refractivity contribution in [3.8, 4) is 5.75 Å². The first-order valence-electron chi connectivity index (χ1n) is 5.36. The third-order valence-electron chi connectivity index (χ3n) is 2.71. The van der Waals surface area contributed by atoms with E-state index < -0.39 is 16.4 Å². The van der Waals surface area contributed by atoms with Gasteiger partial charge >= 0.3 is 0 Å². The van der Waals surface area contributed by atoms with Gasteiger partial charge in [0.05, 0.1) is 10.5 Å². The maximum Gasteiger partial charge on any atom is 0.296 e. The van der Waals surface area contributed by atoms with Crippen LogP contribution in [0, 0.1) is 10.1 Å². The van der Waals surface area contributed by atoms with E-state index >= 15 is 0 Å². The Balaban J connectivity index is 3.12. The van der Waals surface area contributed by atoms with Crippen LogP contribution in [0.25, 0.3) is 0 Å². The molecule has 98 valence electrons. The lowest BCUT2D eigenvalue weighted by Crippen LogP contribution is -2.47. The zero-order valence-corrected chi connectivity index (χ0v) is 10.1. The molecule has 1 aromatic rings. The summed E-state index contributed by atoms with van der Waals surface area (Å²) in [5.41, 5.74) is 3.95. The fourth-order valence-corrected chi connectivity index (χ4v) is 1.23. The van der Waals surface area contributed by atoms with E-state index in [9.17, 15) is 20.0 Å². The van der Waals surface area contributed by atoms with Crippen LogP contribution in [0.3, 0.4) is 0 Å². The van der Waals surface area contributed by atoms with Crippen LogP contribution in [0.1, 0.15) is 20.3 Å². The van der Waals surface area contributed by atoms with Crippen molar-refractivity contribution in [2.75, 3.05) is 5.32 Å². The van der Waals surface area contributed by atoms with Crippen LogP contribution >= 0.6 is 0 Å². The second kappa shape index (κ2) is 5.01. The lowest BCUT2D eigenvalue weighted by molar-refractivity contribution is -0.384. The van der Waals surface area contributed by atoms with Crippen molar-refractivity contribution >= 4 is 17.3 Å². The molecule has 1 atom stereocenters. The minimum absolute atomic E-state index is 0.238. The second-order valence-corrected chi connectivity index (χ2v) is 4.15. The zero-order valence-electron chi connectivity index (χ0n) is 10.1. The lowest BCUT2D eigenvalue weighted by Gasteiger charge is -2.21. The number of phenols is 1. The summed E-state index contributed by atoms with van der Waals surface area (Å²) < 4.78 is 0. The number of nitro groups is 1. The first-order valence-corrected chi connectivity index (χ1v) is 5.36. The highest BCUT2D eigenvalue weighted by Crippen LogP contribution is 2.33. The molecule has 1 amide bonds. The van der Waals surface area contributed by atoms with Gasteiger partial charge in [0.15, 0.2) is 5.69 Å². The van der Waals surface area contributed by atoms with Crippen LogP contribution < -0.4 is 11.1 Å². The van der Waals surface area contributed by atoms with E-state index in [1.54, 1.807) is 6.92 Å². The van der Waals surface area contributed by atoms with Gasteiger partial charge in [-0.15, -0.1) is 0 Å². The Morgan fingerprint density at radius 2 is 2.22 bits per heavy atom. The third kappa shape index (κ3) is 2.75. The Morgan fingerprint density at radius 3 is 2.72 bits per heavy atom. The number of hydrogen-bond acceptors (Lipinski definition) is 5. The Kier molecular flexibility index (Phi) is 3.87. The minimum Gasteiger partial charge on any atom is -0.505 e. The van der Waals surface area contributed by atoms with Gasteiger partial charge in [0, 0.05) is 6.07 Å². The van der Waals surface area contributed by atoms with Gasteiger partial charge < -0.3 is 16.2 Å². The van der Waals surface area contributed by atoms with Crippen LogP contribution in [-0.4, -0.2) is 21.5 Å². The summed E-state index contributed by atoms with van der Waals surface area (Å²) in [5, 5.41) is 22.6. The van der Waals surface area contributed by atoms with Crippen LogP contribution in [-0.2, 0) is 4.79 Å². The van der Waals surface area contributed by atoms with E-state index in [0.717, 1.165) is 0 Å². The number of phenolic OH excluding ortho intramolecular Hbond substituents is 1. The molecule has 0 bridgehead atoms. The number of hydrogen-bond donors (Lipinski definition) is 3. The summed E-state index contributed by atoms with van der Waals surface area (Å²) >= 11 is 0. The number of nitrogens with one attached hydrogen (secondary N) is 1. The molecule has 0 aliphatic rings. The number of carbonyl (C=O) groups is 1. The summed E-state index contributed by atoms with van der Waals surface area (Å²) in [7, 11) is 0. The van der Waals surface area contributed by atoms with E-state index in [1.807, 2.05) is 0 Å². The van der Waals surface area contributed by atoms with E-state index in [2.05, 4.69) is 5.32 Å². The number of amides is 1. The quantitative estimate of drug-likeness (QED) is 0.425. The fraction of sp³-hybridized carbons (Fsp3) is 0.364. The number of nitrogens with zero attached hydrogens (tertiary/aromatic N) is 1. The molecule has 0 aliphatic heterocycles. The maximum absolute atomic E-state index is 11.8. The minimum atomic E-state index is -1.16. The van der Waals surface area contributed by atoms with Crippen LogP contribution in [0.4, 0.5) is 11.4 Å². The molecular formula is C11H15N3O4. The van der Waals surface area contributed by atoms with Gasteiger partial charge in [-0.3, -0.25) is 14.9 Å².